The molecule has 0 atom stereocenters. The number of hydrogen-bond acceptors (Lipinski definition) is 4. The molecule has 202 valence electrons. The Morgan fingerprint density at radius 3 is 2.16 bits per heavy atom. The Bertz CT molecular complexity index is 2470. The van der Waals surface area contributed by atoms with E-state index in [2.05, 4.69) is 150 Å². The van der Waals surface area contributed by atoms with Crippen molar-refractivity contribution in [3.05, 3.63) is 146 Å². The van der Waals surface area contributed by atoms with Crippen molar-refractivity contribution in [2.24, 2.45) is 0 Å². The van der Waals surface area contributed by atoms with E-state index in [-0.39, 0.29) is 0 Å². The summed E-state index contributed by atoms with van der Waals surface area (Å²) in [6.07, 6.45) is 0. The van der Waals surface area contributed by atoms with Crippen LogP contribution in [0.4, 0.5) is 17.1 Å². The maximum Gasteiger partial charge on any atom is 0.137 e. The molecule has 0 bridgehead atoms. The molecule has 43 heavy (non-hydrogen) atoms. The molecule has 7 aromatic carbocycles. The fraction of sp³-hybridized carbons (Fsp3) is 0. The fourth-order valence-corrected chi connectivity index (χ4v) is 7.33. The first-order valence-electron chi connectivity index (χ1n) is 14.4. The Morgan fingerprint density at radius 1 is 0.535 bits per heavy atom. The molecule has 2 heterocycles. The summed E-state index contributed by atoms with van der Waals surface area (Å²) in [7, 11) is 0. The van der Waals surface area contributed by atoms with Gasteiger partial charge in [0.15, 0.2) is 0 Å². The molecule has 0 N–H and O–H groups in total. The van der Waals surface area contributed by atoms with E-state index >= 15 is 0 Å². The number of furan rings is 1. The van der Waals surface area contributed by atoms with Crippen LogP contribution < -0.4 is 4.90 Å². The van der Waals surface area contributed by atoms with Gasteiger partial charge < -0.3 is 9.32 Å². The summed E-state index contributed by atoms with van der Waals surface area (Å²) >= 11 is 1.73. The van der Waals surface area contributed by atoms with Gasteiger partial charge in [0.05, 0.1) is 15.9 Å². The molecule has 0 radical (unpaired) electrons. The van der Waals surface area contributed by atoms with Gasteiger partial charge >= 0.3 is 0 Å². The lowest BCUT2D eigenvalue weighted by atomic mass is 10.0. The molecule has 0 aliphatic rings. The van der Waals surface area contributed by atoms with Crippen molar-refractivity contribution in [2.45, 2.75) is 0 Å². The van der Waals surface area contributed by atoms with Crippen molar-refractivity contribution in [1.29, 1.82) is 0 Å². The number of thiazole rings is 1. The average molecular weight is 569 g/mol. The number of hydrogen-bond donors (Lipinski definition) is 0. The minimum absolute atomic E-state index is 0.854. The standard InChI is InChI=1S/C39H24N2OS/c1-2-13-27(14-3-1)41(33-18-8-12-25-10-4-6-15-29(25)33)28-21-22-31-35(24-28)42-34-19-9-17-32(37(31)34)39-40-38-30-16-7-5-11-26(30)20-23-36(38)43-39/h1-24H. The predicted molar refractivity (Wildman–Crippen MR) is 182 cm³/mol. The molecule has 0 aliphatic heterocycles. The highest BCUT2D eigenvalue weighted by atomic mass is 32.1. The van der Waals surface area contributed by atoms with Crippen LogP contribution in [0.5, 0.6) is 0 Å². The van der Waals surface area contributed by atoms with Gasteiger partial charge in [-0.25, -0.2) is 4.98 Å². The van der Waals surface area contributed by atoms with Gasteiger partial charge in [-0.15, -0.1) is 11.3 Å². The smallest absolute Gasteiger partial charge is 0.137 e. The maximum atomic E-state index is 6.56. The van der Waals surface area contributed by atoms with E-state index in [1.807, 2.05) is 0 Å². The molecule has 9 rings (SSSR count). The van der Waals surface area contributed by atoms with Crippen LogP contribution in [-0.4, -0.2) is 4.98 Å². The summed E-state index contributed by atoms with van der Waals surface area (Å²) in [6, 6.07) is 51.2. The molecule has 0 unspecified atom stereocenters. The number of para-hydroxylation sites is 1. The first-order chi connectivity index (χ1) is 21.3. The van der Waals surface area contributed by atoms with Crippen LogP contribution in [0.25, 0.3) is 64.3 Å². The van der Waals surface area contributed by atoms with E-state index in [0.717, 1.165) is 55.1 Å². The number of fused-ring (bicyclic) bond motifs is 7. The minimum Gasteiger partial charge on any atom is -0.456 e. The lowest BCUT2D eigenvalue weighted by Crippen LogP contribution is -2.10. The third-order valence-electron chi connectivity index (χ3n) is 8.27. The maximum absolute atomic E-state index is 6.56. The van der Waals surface area contributed by atoms with E-state index in [1.54, 1.807) is 11.3 Å². The quantitative estimate of drug-likeness (QED) is 0.211. The molecule has 2 aromatic heterocycles. The van der Waals surface area contributed by atoms with Gasteiger partial charge in [0, 0.05) is 44.5 Å². The van der Waals surface area contributed by atoms with Crippen LogP contribution in [0.2, 0.25) is 0 Å². The molecule has 0 saturated carbocycles. The summed E-state index contributed by atoms with van der Waals surface area (Å²) in [4.78, 5) is 7.48. The van der Waals surface area contributed by atoms with Crippen LogP contribution in [-0.2, 0) is 0 Å². The molecule has 0 saturated heterocycles. The molecule has 0 aliphatic carbocycles. The fourth-order valence-electron chi connectivity index (χ4n) is 6.32. The van der Waals surface area contributed by atoms with Crippen LogP contribution in [0.3, 0.4) is 0 Å². The van der Waals surface area contributed by atoms with E-state index in [0.29, 0.717) is 0 Å². The normalized spacial score (nSPS) is 11.7. The topological polar surface area (TPSA) is 29.3 Å². The van der Waals surface area contributed by atoms with Crippen molar-refractivity contribution in [3.8, 4) is 10.6 Å². The SMILES string of the molecule is c1ccc(N(c2ccc3c(c2)oc2cccc(-c4nc5c(ccc6ccccc65)s4)c23)c2cccc3ccccc23)cc1. The van der Waals surface area contributed by atoms with Gasteiger partial charge in [-0.3, -0.25) is 0 Å². The molecule has 3 nitrogen and oxygen atoms in total. The van der Waals surface area contributed by atoms with Crippen molar-refractivity contribution in [2.75, 3.05) is 4.90 Å². The zero-order valence-electron chi connectivity index (χ0n) is 23.1. The highest BCUT2D eigenvalue weighted by Gasteiger charge is 2.20. The summed E-state index contributed by atoms with van der Waals surface area (Å²) in [5.41, 5.74) is 7.14. The number of rotatable bonds is 4. The Labute approximate surface area is 251 Å². The molecule has 0 amide bonds. The molecule has 0 fully saturated rings. The summed E-state index contributed by atoms with van der Waals surface area (Å²) < 4.78 is 7.75. The van der Waals surface area contributed by atoms with Gasteiger partial charge in [0.1, 0.15) is 16.2 Å². The largest absolute Gasteiger partial charge is 0.456 e. The van der Waals surface area contributed by atoms with Gasteiger partial charge in [-0.2, -0.15) is 0 Å². The summed E-state index contributed by atoms with van der Waals surface area (Å²) in [5.74, 6) is 0. The van der Waals surface area contributed by atoms with Crippen LogP contribution in [0, 0.1) is 0 Å². The number of aromatic nitrogens is 1. The molecule has 4 heteroatoms. The molecule has 9 aromatic rings. The Balaban J connectivity index is 1.24. The van der Waals surface area contributed by atoms with Crippen LogP contribution >= 0.6 is 11.3 Å². The monoisotopic (exact) mass is 568 g/mol. The lowest BCUT2D eigenvalue weighted by molar-refractivity contribution is 0.669. The van der Waals surface area contributed by atoms with Crippen LogP contribution in [0.1, 0.15) is 0 Å². The van der Waals surface area contributed by atoms with Gasteiger partial charge in [-0.05, 0) is 53.2 Å². The third kappa shape index (κ3) is 3.84. The number of nitrogens with zero attached hydrogens (tertiary/aromatic N) is 2. The van der Waals surface area contributed by atoms with E-state index < -0.39 is 0 Å². The molecular weight excluding hydrogens is 545 g/mol. The third-order valence-corrected chi connectivity index (χ3v) is 9.33. The zero-order valence-corrected chi connectivity index (χ0v) is 23.9. The first-order valence-corrected chi connectivity index (χ1v) is 15.2. The minimum atomic E-state index is 0.854. The predicted octanol–water partition coefficient (Wildman–Crippen LogP) is 11.6. The Kier molecular flexibility index (Phi) is 5.37. The lowest BCUT2D eigenvalue weighted by Gasteiger charge is -2.26. The van der Waals surface area contributed by atoms with Gasteiger partial charge in [0.2, 0.25) is 0 Å². The number of benzene rings is 7. The van der Waals surface area contributed by atoms with Crippen molar-refractivity contribution in [3.63, 3.8) is 0 Å². The zero-order chi connectivity index (χ0) is 28.3. The Hall–Kier alpha value is -5.45. The summed E-state index contributed by atoms with van der Waals surface area (Å²) in [5, 5.41) is 7.99. The average Bonchev–Trinajstić information content (AvgIpc) is 3.67. The van der Waals surface area contributed by atoms with Crippen LogP contribution in [0.15, 0.2) is 150 Å². The molecular formula is C39H24N2OS. The summed E-state index contributed by atoms with van der Waals surface area (Å²) in [6.45, 7) is 0. The van der Waals surface area contributed by atoms with Crippen molar-refractivity contribution < 1.29 is 4.42 Å². The second-order valence-corrected chi connectivity index (χ2v) is 11.8. The Morgan fingerprint density at radius 2 is 1.28 bits per heavy atom. The highest BCUT2D eigenvalue weighted by Crippen LogP contribution is 2.44. The second kappa shape index (κ2) is 9.55. The first kappa shape index (κ1) is 24.2. The van der Waals surface area contributed by atoms with Gasteiger partial charge in [0.25, 0.3) is 0 Å². The van der Waals surface area contributed by atoms with Gasteiger partial charge in [-0.1, -0.05) is 97.1 Å². The highest BCUT2D eigenvalue weighted by molar-refractivity contribution is 7.21. The second-order valence-electron chi connectivity index (χ2n) is 10.8. The van der Waals surface area contributed by atoms with E-state index in [1.165, 1.54) is 26.2 Å². The van der Waals surface area contributed by atoms with E-state index in [9.17, 15) is 0 Å². The van der Waals surface area contributed by atoms with Crippen molar-refractivity contribution in [1.82, 2.24) is 4.98 Å². The molecule has 0 spiro atoms. The van der Waals surface area contributed by atoms with Crippen molar-refractivity contribution >= 4 is 82.1 Å². The number of anilines is 3. The van der Waals surface area contributed by atoms with E-state index in [4.69, 9.17) is 9.40 Å².